The summed E-state index contributed by atoms with van der Waals surface area (Å²) >= 11 is 1.49. The Kier molecular flexibility index (Phi) is 8.03. The van der Waals surface area contributed by atoms with Crippen LogP contribution in [0.25, 0.3) is 0 Å². The number of hydrogen-bond donors (Lipinski definition) is 3. The van der Waals surface area contributed by atoms with Crippen molar-refractivity contribution >= 4 is 35.4 Å². The van der Waals surface area contributed by atoms with E-state index < -0.39 is 35.9 Å². The molecule has 3 amide bonds. The molecule has 0 unspecified atom stereocenters. The van der Waals surface area contributed by atoms with Crippen LogP contribution in [-0.2, 0) is 14.3 Å². The Morgan fingerprint density at radius 2 is 2.08 bits per heavy atom. The Morgan fingerprint density at radius 1 is 1.38 bits per heavy atom. The summed E-state index contributed by atoms with van der Waals surface area (Å²) < 4.78 is 18.1. The molecule has 0 saturated heterocycles. The molecule has 0 fully saturated rings. The van der Waals surface area contributed by atoms with Gasteiger partial charge < -0.3 is 21.1 Å². The molecule has 1 rings (SSSR count). The summed E-state index contributed by atoms with van der Waals surface area (Å²) in [5.41, 5.74) is 5.28. The number of carbonyl (C=O) groups excluding carboxylic acids is 3. The first kappa shape index (κ1) is 19.8. The smallest absolute Gasteiger partial charge is 0.329 e. The number of nitrogens with two attached hydrogens (primary N) is 1. The quantitative estimate of drug-likeness (QED) is 0.611. The fraction of sp³-hybridized carbons (Fsp3) is 0.400. The van der Waals surface area contributed by atoms with Crippen molar-refractivity contribution in [3.63, 3.8) is 0 Å². The molecule has 2 atom stereocenters. The van der Waals surface area contributed by atoms with E-state index in [0.717, 1.165) is 6.07 Å². The highest BCUT2D eigenvalue weighted by atomic mass is 32.2. The fourth-order valence-corrected chi connectivity index (χ4v) is 2.25. The van der Waals surface area contributed by atoms with Crippen LogP contribution < -0.4 is 16.4 Å². The molecule has 7 nitrogen and oxygen atoms in total. The van der Waals surface area contributed by atoms with E-state index in [1.54, 1.807) is 0 Å². The van der Waals surface area contributed by atoms with Crippen LogP contribution in [0.1, 0.15) is 13.3 Å². The topological polar surface area (TPSA) is 111 Å². The minimum Gasteiger partial charge on any atom is -0.451 e. The minimum absolute atomic E-state index is 0.247. The number of ether oxygens (including phenoxy) is 1. The molecular formula is C15H20FN3O4S. The highest BCUT2D eigenvalue weighted by Gasteiger charge is 2.25. The molecular weight excluding hydrogens is 337 g/mol. The molecule has 4 N–H and O–H groups in total. The number of esters is 1. The Morgan fingerprint density at radius 3 is 2.67 bits per heavy atom. The first-order chi connectivity index (χ1) is 11.3. The van der Waals surface area contributed by atoms with Crippen LogP contribution in [0.15, 0.2) is 24.3 Å². The first-order valence-electron chi connectivity index (χ1n) is 7.15. The number of benzene rings is 1. The summed E-state index contributed by atoms with van der Waals surface area (Å²) in [7, 11) is 0. The van der Waals surface area contributed by atoms with Crippen LogP contribution in [0.3, 0.4) is 0 Å². The van der Waals surface area contributed by atoms with Crippen LogP contribution >= 0.6 is 11.8 Å². The van der Waals surface area contributed by atoms with Gasteiger partial charge in [-0.15, -0.1) is 0 Å². The van der Waals surface area contributed by atoms with E-state index in [-0.39, 0.29) is 5.69 Å². The van der Waals surface area contributed by atoms with Gasteiger partial charge >= 0.3 is 12.0 Å². The molecule has 24 heavy (non-hydrogen) atoms. The number of carbonyl (C=O) groups is 3. The van der Waals surface area contributed by atoms with Gasteiger partial charge in [-0.25, -0.2) is 14.0 Å². The lowest BCUT2D eigenvalue weighted by molar-refractivity contribution is -0.155. The molecule has 0 bridgehead atoms. The van der Waals surface area contributed by atoms with Gasteiger partial charge in [0, 0.05) is 5.69 Å². The van der Waals surface area contributed by atoms with Gasteiger partial charge in [-0.3, -0.25) is 4.79 Å². The summed E-state index contributed by atoms with van der Waals surface area (Å²) in [5, 5.41) is 4.72. The normalized spacial score (nSPS) is 12.8. The summed E-state index contributed by atoms with van der Waals surface area (Å²) in [6.07, 6.45) is 1.05. The maximum absolute atomic E-state index is 13.1. The van der Waals surface area contributed by atoms with Crippen molar-refractivity contribution in [2.45, 2.75) is 25.5 Å². The van der Waals surface area contributed by atoms with E-state index in [1.807, 2.05) is 6.26 Å². The van der Waals surface area contributed by atoms with Crippen LogP contribution in [0.5, 0.6) is 0 Å². The van der Waals surface area contributed by atoms with Gasteiger partial charge in [0.05, 0.1) is 0 Å². The Bertz CT molecular complexity index is 600. The molecule has 1 aromatic rings. The lowest BCUT2D eigenvalue weighted by Gasteiger charge is -2.19. The fourth-order valence-electron chi connectivity index (χ4n) is 1.78. The molecule has 132 valence electrons. The van der Waals surface area contributed by atoms with Crippen molar-refractivity contribution in [2.24, 2.45) is 5.73 Å². The molecule has 0 aliphatic heterocycles. The number of anilines is 1. The molecule has 1 aromatic carbocycles. The third-order valence-corrected chi connectivity index (χ3v) is 3.61. The van der Waals surface area contributed by atoms with Crippen LogP contribution in [0, 0.1) is 5.82 Å². The van der Waals surface area contributed by atoms with Crippen LogP contribution in [0.4, 0.5) is 14.9 Å². The van der Waals surface area contributed by atoms with Crippen molar-refractivity contribution in [1.29, 1.82) is 0 Å². The number of urea groups is 1. The molecule has 0 saturated carbocycles. The summed E-state index contributed by atoms with van der Waals surface area (Å²) in [5.74, 6) is -1.27. The largest absolute Gasteiger partial charge is 0.451 e. The predicted octanol–water partition coefficient (Wildman–Crippen LogP) is 1.49. The maximum Gasteiger partial charge on any atom is 0.329 e. The SMILES string of the molecule is CSCC[C@H](NC(N)=O)C(=O)O[C@@H](C)C(=O)Nc1cccc(F)c1. The predicted molar refractivity (Wildman–Crippen MR) is 90.1 cm³/mol. The number of primary amides is 1. The van der Waals surface area contributed by atoms with Crippen molar-refractivity contribution in [3.05, 3.63) is 30.1 Å². The highest BCUT2D eigenvalue weighted by molar-refractivity contribution is 7.98. The van der Waals surface area contributed by atoms with Gasteiger partial charge in [0.1, 0.15) is 11.9 Å². The van der Waals surface area contributed by atoms with E-state index in [2.05, 4.69) is 10.6 Å². The van der Waals surface area contributed by atoms with Gasteiger partial charge in [-0.1, -0.05) is 6.07 Å². The van der Waals surface area contributed by atoms with E-state index in [4.69, 9.17) is 10.5 Å². The second-order valence-electron chi connectivity index (χ2n) is 4.92. The first-order valence-corrected chi connectivity index (χ1v) is 8.54. The third kappa shape index (κ3) is 6.86. The Hall–Kier alpha value is -2.29. The molecule has 0 aromatic heterocycles. The van der Waals surface area contributed by atoms with Crippen molar-refractivity contribution < 1.29 is 23.5 Å². The summed E-state index contributed by atoms with van der Waals surface area (Å²) in [4.78, 5) is 35.0. The molecule has 0 aliphatic carbocycles. The van der Waals surface area contributed by atoms with Crippen molar-refractivity contribution in [2.75, 3.05) is 17.3 Å². The number of thioether (sulfide) groups is 1. The van der Waals surface area contributed by atoms with Gasteiger partial charge in [0.15, 0.2) is 6.10 Å². The molecule has 9 heteroatoms. The van der Waals surface area contributed by atoms with E-state index in [9.17, 15) is 18.8 Å². The zero-order valence-electron chi connectivity index (χ0n) is 13.4. The van der Waals surface area contributed by atoms with Crippen LogP contribution in [0.2, 0.25) is 0 Å². The van der Waals surface area contributed by atoms with Gasteiger partial charge in [0.2, 0.25) is 0 Å². The molecule has 0 radical (unpaired) electrons. The number of halogens is 1. The molecule has 0 aliphatic rings. The summed E-state index contributed by atoms with van der Waals surface area (Å²) in [6, 6.07) is 3.55. The molecule has 0 heterocycles. The van der Waals surface area contributed by atoms with Crippen LogP contribution in [-0.4, -0.2) is 42.1 Å². The highest BCUT2D eigenvalue weighted by Crippen LogP contribution is 2.11. The zero-order valence-corrected chi connectivity index (χ0v) is 14.2. The Balaban J connectivity index is 2.62. The number of rotatable bonds is 8. The van der Waals surface area contributed by atoms with Gasteiger partial charge in [0.25, 0.3) is 5.91 Å². The lowest BCUT2D eigenvalue weighted by atomic mass is 10.2. The van der Waals surface area contributed by atoms with Gasteiger partial charge in [-0.05, 0) is 43.6 Å². The van der Waals surface area contributed by atoms with Gasteiger partial charge in [-0.2, -0.15) is 11.8 Å². The van der Waals surface area contributed by atoms with E-state index in [0.29, 0.717) is 12.2 Å². The zero-order chi connectivity index (χ0) is 18.1. The number of nitrogens with one attached hydrogen (secondary N) is 2. The number of amides is 3. The van der Waals surface area contributed by atoms with E-state index >= 15 is 0 Å². The lowest BCUT2D eigenvalue weighted by Crippen LogP contribution is -2.46. The molecule has 0 spiro atoms. The Labute approximate surface area is 143 Å². The average molecular weight is 357 g/mol. The second-order valence-corrected chi connectivity index (χ2v) is 5.91. The third-order valence-electron chi connectivity index (χ3n) is 2.97. The second kappa shape index (κ2) is 9.76. The standard InChI is InChI=1S/C15H20FN3O4S/c1-9(13(20)18-11-5-3-4-10(16)8-11)23-14(21)12(6-7-24-2)19-15(17)22/h3-5,8-9,12H,6-7H2,1-2H3,(H,18,20)(H3,17,19,22)/t9-,12-/m0/s1. The number of hydrogen-bond acceptors (Lipinski definition) is 5. The maximum atomic E-state index is 13.1. The van der Waals surface area contributed by atoms with E-state index in [1.165, 1.54) is 36.9 Å². The minimum atomic E-state index is -1.12. The monoisotopic (exact) mass is 357 g/mol. The van der Waals surface area contributed by atoms with Crippen molar-refractivity contribution in [3.8, 4) is 0 Å². The average Bonchev–Trinajstić information content (AvgIpc) is 2.50. The summed E-state index contributed by atoms with van der Waals surface area (Å²) in [6.45, 7) is 1.38. The van der Waals surface area contributed by atoms with Crippen molar-refractivity contribution in [1.82, 2.24) is 5.32 Å².